The van der Waals surface area contributed by atoms with Crippen molar-refractivity contribution in [3.05, 3.63) is 77.4 Å². The molecule has 0 aliphatic carbocycles. The highest BCUT2D eigenvalue weighted by atomic mass is 32.2. The summed E-state index contributed by atoms with van der Waals surface area (Å²) < 4.78 is 59.6. The molecule has 1 unspecified atom stereocenters. The molecule has 4 aromatic rings. The number of ketones is 1. The molecule has 1 aromatic heterocycles. The van der Waals surface area contributed by atoms with E-state index in [0.717, 1.165) is 0 Å². The van der Waals surface area contributed by atoms with Gasteiger partial charge in [0.15, 0.2) is 27.2 Å². The van der Waals surface area contributed by atoms with Crippen molar-refractivity contribution >= 4 is 26.5 Å². The fourth-order valence-electron chi connectivity index (χ4n) is 4.96. The largest absolute Gasteiger partial charge is 0.494 e. The van der Waals surface area contributed by atoms with Crippen LogP contribution in [-0.4, -0.2) is 42.6 Å². The van der Waals surface area contributed by atoms with Gasteiger partial charge in [-0.05, 0) is 54.3 Å². The summed E-state index contributed by atoms with van der Waals surface area (Å²) >= 11 is 0. The first-order chi connectivity index (χ1) is 18.0. The fourth-order valence-corrected chi connectivity index (χ4v) is 7.21. The maximum Gasteiger partial charge on any atom is 0.174 e. The molecule has 0 bridgehead atoms. The smallest absolute Gasteiger partial charge is 0.174 e. The number of aromatic nitrogens is 2. The second-order valence-electron chi connectivity index (χ2n) is 9.87. The zero-order valence-corrected chi connectivity index (χ0v) is 21.5. The number of carbonyl (C=O) groups excluding carboxylic acids is 1. The predicted molar refractivity (Wildman–Crippen MR) is 138 cm³/mol. The lowest BCUT2D eigenvalue weighted by molar-refractivity contribution is 0.0934. The second-order valence-corrected chi connectivity index (χ2v) is 12.1. The van der Waals surface area contributed by atoms with Crippen LogP contribution >= 0.6 is 0 Å². The van der Waals surface area contributed by atoms with Gasteiger partial charge >= 0.3 is 0 Å². The van der Waals surface area contributed by atoms with Crippen LogP contribution in [0, 0.1) is 28.4 Å². The number of hydrogen-bond donors (Lipinski definition) is 0. The van der Waals surface area contributed by atoms with E-state index in [1.807, 2.05) is 6.07 Å². The molecular formula is C28H23F2N3O4S. The van der Waals surface area contributed by atoms with Crippen LogP contribution < -0.4 is 4.74 Å². The zero-order valence-electron chi connectivity index (χ0n) is 20.7. The highest BCUT2D eigenvalue weighted by molar-refractivity contribution is 7.91. The normalized spacial score (nSPS) is 18.4. The summed E-state index contributed by atoms with van der Waals surface area (Å²) in [5.41, 5.74) is 1.06. The zero-order chi connectivity index (χ0) is 27.2. The van der Waals surface area contributed by atoms with Crippen molar-refractivity contribution in [2.75, 3.05) is 18.6 Å². The highest BCUT2D eigenvalue weighted by Crippen LogP contribution is 2.38. The van der Waals surface area contributed by atoms with Gasteiger partial charge in [-0.1, -0.05) is 13.0 Å². The van der Waals surface area contributed by atoms with Crippen molar-refractivity contribution < 1.29 is 26.7 Å². The van der Waals surface area contributed by atoms with Crippen molar-refractivity contribution in [3.8, 4) is 28.8 Å². The van der Waals surface area contributed by atoms with Crippen molar-refractivity contribution in [3.63, 3.8) is 0 Å². The minimum atomic E-state index is -3.17. The Labute approximate surface area is 218 Å². The van der Waals surface area contributed by atoms with E-state index in [0.29, 0.717) is 28.6 Å². The van der Waals surface area contributed by atoms with E-state index in [1.165, 1.54) is 48.2 Å². The van der Waals surface area contributed by atoms with Crippen molar-refractivity contribution in [1.82, 2.24) is 9.78 Å². The molecule has 1 saturated heterocycles. The lowest BCUT2D eigenvalue weighted by Crippen LogP contribution is -2.22. The number of rotatable bonds is 6. The number of Topliss-reactive ketones (excluding diaryl/α,β-unsaturated/α-hetero) is 1. The van der Waals surface area contributed by atoms with E-state index >= 15 is 4.39 Å². The van der Waals surface area contributed by atoms with Gasteiger partial charge < -0.3 is 4.74 Å². The summed E-state index contributed by atoms with van der Waals surface area (Å²) in [5.74, 6) is -1.46. The van der Waals surface area contributed by atoms with Gasteiger partial charge in [0.25, 0.3) is 0 Å². The van der Waals surface area contributed by atoms with E-state index in [4.69, 9.17) is 4.74 Å². The molecule has 1 fully saturated rings. The average Bonchev–Trinajstić information content (AvgIpc) is 3.40. The number of sulfone groups is 1. The minimum absolute atomic E-state index is 0.0366. The standard InChI is InChI=1S/C28H23F2N3O4S/c1-28(9-10-38(35,36)16-28)14-24(34)18-3-8-21-23(13-18)33(20-6-4-19(29)5-7-20)32-27(21)22-11-17(15-31)12-25(37-2)26(22)30/h3-8,11-13H,9-10,14,16H2,1-2H3. The maximum absolute atomic E-state index is 15.4. The molecule has 10 heteroatoms. The van der Waals surface area contributed by atoms with E-state index in [1.54, 1.807) is 25.1 Å². The third-order valence-electron chi connectivity index (χ3n) is 6.89. The quantitative estimate of drug-likeness (QED) is 0.313. The van der Waals surface area contributed by atoms with E-state index < -0.39 is 26.9 Å². The van der Waals surface area contributed by atoms with Gasteiger partial charge in [-0.2, -0.15) is 10.4 Å². The van der Waals surface area contributed by atoms with Crippen molar-refractivity contribution in [1.29, 1.82) is 5.26 Å². The van der Waals surface area contributed by atoms with Gasteiger partial charge in [-0.25, -0.2) is 21.9 Å². The Morgan fingerprint density at radius 2 is 1.89 bits per heavy atom. The molecular weight excluding hydrogens is 512 g/mol. The summed E-state index contributed by atoms with van der Waals surface area (Å²) in [6.07, 6.45) is 0.475. The van der Waals surface area contributed by atoms with Crippen molar-refractivity contribution in [2.45, 2.75) is 19.8 Å². The number of carbonyl (C=O) groups is 1. The maximum atomic E-state index is 15.4. The molecule has 194 valence electrons. The third-order valence-corrected chi connectivity index (χ3v) is 8.85. The van der Waals surface area contributed by atoms with Crippen molar-refractivity contribution in [2.24, 2.45) is 5.41 Å². The summed E-state index contributed by atoms with van der Waals surface area (Å²) in [6.45, 7) is 1.80. The van der Waals surface area contributed by atoms with Crippen LogP contribution in [0.4, 0.5) is 8.78 Å². The lowest BCUT2D eigenvalue weighted by atomic mass is 9.83. The molecule has 7 nitrogen and oxygen atoms in total. The molecule has 5 rings (SSSR count). The van der Waals surface area contributed by atoms with E-state index in [2.05, 4.69) is 5.10 Å². The van der Waals surface area contributed by atoms with Gasteiger partial charge in [0.05, 0.1) is 41.5 Å². The fraction of sp³-hybridized carbons (Fsp3) is 0.250. The molecule has 2 heterocycles. The Bertz CT molecular complexity index is 1740. The topological polar surface area (TPSA) is 102 Å². The Morgan fingerprint density at radius 1 is 1.16 bits per heavy atom. The molecule has 1 aliphatic rings. The molecule has 0 amide bonds. The Morgan fingerprint density at radius 3 is 2.53 bits per heavy atom. The first kappa shape index (κ1) is 25.5. The van der Waals surface area contributed by atoms with Crippen LogP contribution in [-0.2, 0) is 9.84 Å². The monoisotopic (exact) mass is 535 g/mol. The predicted octanol–water partition coefficient (Wildman–Crippen LogP) is 5.25. The first-order valence-corrected chi connectivity index (χ1v) is 13.6. The van der Waals surface area contributed by atoms with Crippen LogP contribution in [0.25, 0.3) is 27.8 Å². The Kier molecular flexibility index (Phi) is 6.27. The van der Waals surface area contributed by atoms with Crippen LogP contribution in [0.5, 0.6) is 5.75 Å². The van der Waals surface area contributed by atoms with Crippen LogP contribution in [0.3, 0.4) is 0 Å². The molecule has 1 atom stereocenters. The second kappa shape index (κ2) is 9.33. The average molecular weight is 536 g/mol. The van der Waals surface area contributed by atoms with E-state index in [-0.39, 0.29) is 46.3 Å². The number of ether oxygens (including phenoxy) is 1. The van der Waals surface area contributed by atoms with Gasteiger partial charge in [0, 0.05) is 29.0 Å². The molecule has 3 aromatic carbocycles. The summed E-state index contributed by atoms with van der Waals surface area (Å²) in [4.78, 5) is 13.3. The molecule has 1 aliphatic heterocycles. The van der Waals surface area contributed by atoms with Gasteiger partial charge in [0.2, 0.25) is 0 Å². The highest BCUT2D eigenvalue weighted by Gasteiger charge is 2.40. The summed E-state index contributed by atoms with van der Waals surface area (Å²) in [5, 5.41) is 14.5. The number of nitriles is 1. The minimum Gasteiger partial charge on any atom is -0.494 e. The summed E-state index contributed by atoms with van der Waals surface area (Å²) in [6, 6.07) is 15.0. The molecule has 0 N–H and O–H groups in total. The number of halogens is 2. The third kappa shape index (κ3) is 4.65. The number of hydrogen-bond acceptors (Lipinski definition) is 6. The molecule has 0 spiro atoms. The molecule has 38 heavy (non-hydrogen) atoms. The lowest BCUT2D eigenvalue weighted by Gasteiger charge is -2.20. The van der Waals surface area contributed by atoms with Crippen LogP contribution in [0.1, 0.15) is 35.7 Å². The first-order valence-electron chi connectivity index (χ1n) is 11.8. The Balaban J connectivity index is 1.67. The summed E-state index contributed by atoms with van der Waals surface area (Å²) in [7, 11) is -1.87. The van der Waals surface area contributed by atoms with Crippen LogP contribution in [0.2, 0.25) is 0 Å². The number of nitrogens with zero attached hydrogens (tertiary/aromatic N) is 3. The number of methoxy groups -OCH3 is 1. The SMILES string of the molecule is COc1cc(C#N)cc(-c2nn(-c3ccc(F)cc3)c3cc(C(=O)CC4(C)CCS(=O)(=O)C4)ccc23)c1F. The van der Waals surface area contributed by atoms with Gasteiger partial charge in [-0.15, -0.1) is 0 Å². The number of benzene rings is 3. The van der Waals surface area contributed by atoms with Gasteiger partial charge in [-0.3, -0.25) is 4.79 Å². The molecule has 0 saturated carbocycles. The number of fused-ring (bicyclic) bond motifs is 1. The Hall–Kier alpha value is -4.10. The van der Waals surface area contributed by atoms with Gasteiger partial charge in [0.1, 0.15) is 11.5 Å². The van der Waals surface area contributed by atoms with E-state index in [9.17, 15) is 22.9 Å². The molecule has 0 radical (unpaired) electrons. The van der Waals surface area contributed by atoms with Crippen LogP contribution in [0.15, 0.2) is 54.6 Å².